The standard InChI is InChI=1S/C17H19Br2NO/c1-3-12-4-6-14(7-5-12)11(2)20-10-13-8-15(18)17(21)16(19)9-13/h4-9,11,20-21H,3,10H2,1-2H3. The second kappa shape index (κ2) is 7.43. The third-order valence-electron chi connectivity index (χ3n) is 3.58. The maximum Gasteiger partial charge on any atom is 0.143 e. The summed E-state index contributed by atoms with van der Waals surface area (Å²) in [5, 5.41) is 13.2. The molecule has 0 saturated heterocycles. The molecule has 2 N–H and O–H groups in total. The highest BCUT2D eigenvalue weighted by Crippen LogP contribution is 2.33. The molecule has 1 atom stereocenters. The minimum absolute atomic E-state index is 0.238. The van der Waals surface area contributed by atoms with E-state index < -0.39 is 0 Å². The second-order valence-electron chi connectivity index (χ2n) is 5.11. The van der Waals surface area contributed by atoms with Gasteiger partial charge in [0.05, 0.1) is 8.95 Å². The van der Waals surface area contributed by atoms with Crippen molar-refractivity contribution in [3.05, 3.63) is 62.0 Å². The molecular weight excluding hydrogens is 394 g/mol. The Morgan fingerprint density at radius 2 is 1.62 bits per heavy atom. The summed E-state index contributed by atoms with van der Waals surface area (Å²) in [6.07, 6.45) is 1.07. The zero-order valence-corrected chi connectivity index (χ0v) is 15.3. The Kier molecular flexibility index (Phi) is 5.85. The summed E-state index contributed by atoms with van der Waals surface area (Å²) < 4.78 is 1.40. The van der Waals surface area contributed by atoms with E-state index >= 15 is 0 Å². The Balaban J connectivity index is 2.01. The van der Waals surface area contributed by atoms with E-state index in [1.54, 1.807) is 0 Å². The van der Waals surface area contributed by atoms with E-state index in [2.05, 4.69) is 75.3 Å². The molecule has 0 aliphatic carbocycles. The molecule has 0 heterocycles. The van der Waals surface area contributed by atoms with Crippen LogP contribution in [0.25, 0.3) is 0 Å². The van der Waals surface area contributed by atoms with Crippen molar-refractivity contribution in [2.24, 2.45) is 0 Å². The molecule has 2 aromatic carbocycles. The van der Waals surface area contributed by atoms with E-state index in [9.17, 15) is 5.11 Å². The summed E-state index contributed by atoms with van der Waals surface area (Å²) in [5.41, 5.74) is 3.75. The first-order valence-corrected chi connectivity index (χ1v) is 8.59. The predicted octanol–water partition coefficient (Wildman–Crippen LogP) is 5.33. The van der Waals surface area contributed by atoms with Crippen LogP contribution in [0.1, 0.15) is 36.6 Å². The van der Waals surface area contributed by atoms with Gasteiger partial charge in [-0.2, -0.15) is 0 Å². The van der Waals surface area contributed by atoms with Gasteiger partial charge in [-0.15, -0.1) is 0 Å². The van der Waals surface area contributed by atoms with Gasteiger partial charge in [0.25, 0.3) is 0 Å². The first-order chi connectivity index (χ1) is 10.0. The van der Waals surface area contributed by atoms with Gasteiger partial charge in [-0.25, -0.2) is 0 Å². The van der Waals surface area contributed by atoms with Crippen LogP contribution in [0.15, 0.2) is 45.3 Å². The first kappa shape index (κ1) is 16.5. The van der Waals surface area contributed by atoms with Crippen LogP contribution < -0.4 is 5.32 Å². The zero-order chi connectivity index (χ0) is 15.4. The highest BCUT2D eigenvalue weighted by Gasteiger charge is 2.08. The molecular formula is C17H19Br2NO. The van der Waals surface area contributed by atoms with E-state index in [1.807, 2.05) is 12.1 Å². The first-order valence-electron chi connectivity index (χ1n) is 7.00. The lowest BCUT2D eigenvalue weighted by Gasteiger charge is -2.15. The van der Waals surface area contributed by atoms with Gasteiger partial charge in [-0.05, 0) is 74.0 Å². The molecule has 2 nitrogen and oxygen atoms in total. The molecule has 0 bridgehead atoms. The normalized spacial score (nSPS) is 12.4. The molecule has 4 heteroatoms. The Morgan fingerprint density at radius 1 is 1.05 bits per heavy atom. The molecule has 2 aromatic rings. The van der Waals surface area contributed by atoms with Crippen molar-refractivity contribution < 1.29 is 5.11 Å². The third kappa shape index (κ3) is 4.31. The topological polar surface area (TPSA) is 32.3 Å². The SMILES string of the molecule is CCc1ccc(C(C)NCc2cc(Br)c(O)c(Br)c2)cc1. The van der Waals surface area contributed by atoms with Gasteiger partial charge in [0.1, 0.15) is 5.75 Å². The summed E-state index contributed by atoms with van der Waals surface area (Å²) >= 11 is 6.71. The van der Waals surface area contributed by atoms with Gasteiger partial charge >= 0.3 is 0 Å². The fourth-order valence-electron chi connectivity index (χ4n) is 2.15. The van der Waals surface area contributed by atoms with Crippen molar-refractivity contribution in [1.82, 2.24) is 5.32 Å². The molecule has 0 radical (unpaired) electrons. The summed E-state index contributed by atoms with van der Waals surface area (Å²) in [6.45, 7) is 5.07. The van der Waals surface area contributed by atoms with Crippen molar-refractivity contribution in [2.45, 2.75) is 32.9 Å². The van der Waals surface area contributed by atoms with Crippen LogP contribution in [-0.4, -0.2) is 5.11 Å². The van der Waals surface area contributed by atoms with Crippen molar-refractivity contribution in [3.8, 4) is 5.75 Å². The van der Waals surface area contributed by atoms with Gasteiger partial charge in [-0.3, -0.25) is 0 Å². The minimum atomic E-state index is 0.238. The fourth-order valence-corrected chi connectivity index (χ4v) is 3.43. The van der Waals surface area contributed by atoms with E-state index in [4.69, 9.17) is 0 Å². The average Bonchev–Trinajstić information content (AvgIpc) is 2.50. The lowest BCUT2D eigenvalue weighted by atomic mass is 10.0. The molecule has 0 amide bonds. The smallest absolute Gasteiger partial charge is 0.143 e. The zero-order valence-electron chi connectivity index (χ0n) is 12.2. The maximum atomic E-state index is 9.72. The van der Waals surface area contributed by atoms with E-state index in [-0.39, 0.29) is 11.8 Å². The molecule has 1 unspecified atom stereocenters. The van der Waals surface area contributed by atoms with Crippen LogP contribution in [-0.2, 0) is 13.0 Å². The maximum absolute atomic E-state index is 9.72. The highest BCUT2D eigenvalue weighted by atomic mass is 79.9. The van der Waals surface area contributed by atoms with E-state index in [0.717, 1.165) is 18.5 Å². The number of aromatic hydroxyl groups is 1. The molecule has 112 valence electrons. The number of phenols is 1. The summed E-state index contributed by atoms with van der Waals surface area (Å²) in [6, 6.07) is 12.9. The van der Waals surface area contributed by atoms with Crippen LogP contribution in [0.3, 0.4) is 0 Å². The average molecular weight is 413 g/mol. The van der Waals surface area contributed by atoms with Crippen molar-refractivity contribution in [2.75, 3.05) is 0 Å². The van der Waals surface area contributed by atoms with Crippen LogP contribution in [0, 0.1) is 0 Å². The monoisotopic (exact) mass is 411 g/mol. The van der Waals surface area contributed by atoms with Gasteiger partial charge < -0.3 is 10.4 Å². The third-order valence-corrected chi connectivity index (χ3v) is 4.79. The van der Waals surface area contributed by atoms with Crippen LogP contribution >= 0.6 is 31.9 Å². The summed E-state index contributed by atoms with van der Waals surface area (Å²) in [7, 11) is 0. The number of hydrogen-bond acceptors (Lipinski definition) is 2. The Labute approximate surface area is 142 Å². The summed E-state index contributed by atoms with van der Waals surface area (Å²) in [5.74, 6) is 0.238. The van der Waals surface area contributed by atoms with Gasteiger partial charge in [0.15, 0.2) is 0 Å². The fraction of sp³-hybridized carbons (Fsp3) is 0.294. The number of phenolic OH excluding ortho intramolecular Hbond substituents is 1. The predicted molar refractivity (Wildman–Crippen MR) is 94.6 cm³/mol. The number of benzene rings is 2. The van der Waals surface area contributed by atoms with Crippen LogP contribution in [0.4, 0.5) is 0 Å². The number of halogens is 2. The number of hydrogen-bond donors (Lipinski definition) is 2. The van der Waals surface area contributed by atoms with Crippen molar-refractivity contribution in [3.63, 3.8) is 0 Å². The Morgan fingerprint density at radius 3 is 2.14 bits per heavy atom. The van der Waals surface area contributed by atoms with Crippen LogP contribution in [0.5, 0.6) is 5.75 Å². The molecule has 21 heavy (non-hydrogen) atoms. The molecule has 0 aliphatic heterocycles. The minimum Gasteiger partial charge on any atom is -0.506 e. The number of rotatable bonds is 5. The molecule has 0 spiro atoms. The molecule has 0 saturated carbocycles. The van der Waals surface area contributed by atoms with Crippen molar-refractivity contribution >= 4 is 31.9 Å². The number of nitrogens with one attached hydrogen (secondary N) is 1. The molecule has 0 fully saturated rings. The largest absolute Gasteiger partial charge is 0.506 e. The van der Waals surface area contributed by atoms with Crippen molar-refractivity contribution in [1.29, 1.82) is 0 Å². The van der Waals surface area contributed by atoms with Gasteiger partial charge in [0, 0.05) is 12.6 Å². The van der Waals surface area contributed by atoms with Gasteiger partial charge in [-0.1, -0.05) is 31.2 Å². The van der Waals surface area contributed by atoms with E-state index in [1.165, 1.54) is 11.1 Å². The van der Waals surface area contributed by atoms with Gasteiger partial charge in [0.2, 0.25) is 0 Å². The van der Waals surface area contributed by atoms with Crippen LogP contribution in [0.2, 0.25) is 0 Å². The lowest BCUT2D eigenvalue weighted by molar-refractivity contribution is 0.467. The molecule has 2 rings (SSSR count). The summed E-state index contributed by atoms with van der Waals surface area (Å²) in [4.78, 5) is 0. The van der Waals surface area contributed by atoms with E-state index in [0.29, 0.717) is 8.95 Å². The molecule has 0 aliphatic rings. The Hall–Kier alpha value is -0.840. The quantitative estimate of drug-likeness (QED) is 0.695. The Bertz CT molecular complexity index is 588. The second-order valence-corrected chi connectivity index (χ2v) is 6.81. The lowest BCUT2D eigenvalue weighted by Crippen LogP contribution is -2.18. The molecule has 0 aromatic heterocycles. The highest BCUT2D eigenvalue weighted by molar-refractivity contribution is 9.11. The number of aryl methyl sites for hydroxylation is 1.